The summed E-state index contributed by atoms with van der Waals surface area (Å²) in [5.74, 6) is 3.17. The summed E-state index contributed by atoms with van der Waals surface area (Å²) in [5.41, 5.74) is 1.97. The largest absolute Gasteiger partial charge is 0.493 e. The maximum atomic E-state index is 5.97. The monoisotopic (exact) mass is 365 g/mol. The van der Waals surface area contributed by atoms with Crippen molar-refractivity contribution in [3.63, 3.8) is 0 Å². The third-order valence-electron chi connectivity index (χ3n) is 4.48. The Morgan fingerprint density at radius 3 is 2.56 bits per heavy atom. The molecule has 0 N–H and O–H groups in total. The van der Waals surface area contributed by atoms with E-state index in [9.17, 15) is 0 Å². The van der Waals surface area contributed by atoms with Gasteiger partial charge in [-0.2, -0.15) is 0 Å². The van der Waals surface area contributed by atoms with Gasteiger partial charge in [0.05, 0.1) is 19.2 Å². The van der Waals surface area contributed by atoms with Gasteiger partial charge < -0.3 is 14.4 Å². The number of anilines is 2. The minimum atomic E-state index is 0.679. The standard InChI is InChI=1S/C22H27N3O2/c1-5-7-14-27-21-15-17(12-13-20(21)26-4)25(6-2)22-18-10-8-9-11-19(18)23-16(3)24-22/h8-13,15H,5-7,14H2,1-4H3. The van der Waals surface area contributed by atoms with Gasteiger partial charge in [-0.25, -0.2) is 9.97 Å². The molecule has 5 heteroatoms. The first kappa shape index (κ1) is 19.0. The molecule has 0 saturated heterocycles. The lowest BCUT2D eigenvalue weighted by Crippen LogP contribution is -2.18. The Morgan fingerprint density at radius 1 is 1.00 bits per heavy atom. The van der Waals surface area contributed by atoms with Gasteiger partial charge in [-0.05, 0) is 44.5 Å². The number of aromatic nitrogens is 2. The maximum Gasteiger partial charge on any atom is 0.163 e. The Hall–Kier alpha value is -2.82. The number of hydrogen-bond acceptors (Lipinski definition) is 5. The number of unbranched alkanes of at least 4 members (excludes halogenated alkanes) is 1. The van der Waals surface area contributed by atoms with Crippen LogP contribution in [0, 0.1) is 6.92 Å². The van der Waals surface area contributed by atoms with Crippen LogP contribution in [0.15, 0.2) is 42.5 Å². The highest BCUT2D eigenvalue weighted by molar-refractivity contribution is 5.91. The zero-order valence-corrected chi connectivity index (χ0v) is 16.5. The van der Waals surface area contributed by atoms with E-state index in [1.54, 1.807) is 7.11 Å². The van der Waals surface area contributed by atoms with Crippen molar-refractivity contribution in [3.8, 4) is 11.5 Å². The molecule has 0 aliphatic heterocycles. The third kappa shape index (κ3) is 4.13. The maximum absolute atomic E-state index is 5.97. The van der Waals surface area contributed by atoms with Crippen molar-refractivity contribution in [1.82, 2.24) is 9.97 Å². The molecule has 2 aromatic carbocycles. The zero-order chi connectivity index (χ0) is 19.2. The van der Waals surface area contributed by atoms with Crippen LogP contribution < -0.4 is 14.4 Å². The predicted molar refractivity (Wildman–Crippen MR) is 110 cm³/mol. The molecule has 1 heterocycles. The summed E-state index contributed by atoms with van der Waals surface area (Å²) in [6.45, 7) is 7.66. The summed E-state index contributed by atoms with van der Waals surface area (Å²) in [6, 6.07) is 14.1. The predicted octanol–water partition coefficient (Wildman–Crippen LogP) is 5.28. The van der Waals surface area contributed by atoms with Crippen LogP contribution in [0.5, 0.6) is 11.5 Å². The number of rotatable bonds is 8. The van der Waals surface area contributed by atoms with Crippen LogP contribution in [0.4, 0.5) is 11.5 Å². The summed E-state index contributed by atoms with van der Waals surface area (Å²) >= 11 is 0. The molecule has 0 atom stereocenters. The molecule has 0 saturated carbocycles. The SMILES string of the molecule is CCCCOc1cc(N(CC)c2nc(C)nc3ccccc23)ccc1OC. The van der Waals surface area contributed by atoms with Crippen LogP contribution in [0.25, 0.3) is 10.9 Å². The minimum absolute atomic E-state index is 0.679. The number of methoxy groups -OCH3 is 1. The molecule has 3 rings (SSSR count). The molecule has 142 valence electrons. The number of ether oxygens (including phenoxy) is 2. The summed E-state index contributed by atoms with van der Waals surface area (Å²) in [4.78, 5) is 11.5. The summed E-state index contributed by atoms with van der Waals surface area (Å²) in [6.07, 6.45) is 2.11. The fraction of sp³-hybridized carbons (Fsp3) is 0.364. The fourth-order valence-corrected chi connectivity index (χ4v) is 3.11. The van der Waals surface area contributed by atoms with Crippen molar-refractivity contribution in [2.24, 2.45) is 0 Å². The molecule has 27 heavy (non-hydrogen) atoms. The van der Waals surface area contributed by atoms with Gasteiger partial charge in [0.25, 0.3) is 0 Å². The Morgan fingerprint density at radius 2 is 1.81 bits per heavy atom. The molecule has 3 aromatic rings. The van der Waals surface area contributed by atoms with E-state index in [0.29, 0.717) is 6.61 Å². The van der Waals surface area contributed by atoms with E-state index in [1.807, 2.05) is 43.3 Å². The number of para-hydroxylation sites is 1. The van der Waals surface area contributed by atoms with Crippen molar-refractivity contribution in [2.45, 2.75) is 33.6 Å². The van der Waals surface area contributed by atoms with Crippen molar-refractivity contribution in [3.05, 3.63) is 48.3 Å². The van der Waals surface area contributed by atoms with Crippen LogP contribution in [-0.4, -0.2) is 30.2 Å². The number of fused-ring (bicyclic) bond motifs is 1. The molecule has 0 aliphatic carbocycles. The van der Waals surface area contributed by atoms with E-state index in [4.69, 9.17) is 14.5 Å². The van der Waals surface area contributed by atoms with Crippen LogP contribution in [0.1, 0.15) is 32.5 Å². The first-order valence-electron chi connectivity index (χ1n) is 9.49. The van der Waals surface area contributed by atoms with Crippen LogP contribution >= 0.6 is 0 Å². The molecular formula is C22H27N3O2. The number of nitrogens with zero attached hydrogens (tertiary/aromatic N) is 3. The van der Waals surface area contributed by atoms with Crippen LogP contribution in [0.3, 0.4) is 0 Å². The molecule has 0 bridgehead atoms. The molecule has 0 amide bonds. The number of hydrogen-bond donors (Lipinski definition) is 0. The zero-order valence-electron chi connectivity index (χ0n) is 16.5. The average Bonchev–Trinajstić information content (AvgIpc) is 2.69. The van der Waals surface area contributed by atoms with Crippen molar-refractivity contribution in [1.29, 1.82) is 0 Å². The van der Waals surface area contributed by atoms with Gasteiger partial charge in [0.2, 0.25) is 0 Å². The van der Waals surface area contributed by atoms with E-state index in [-0.39, 0.29) is 0 Å². The highest BCUT2D eigenvalue weighted by atomic mass is 16.5. The van der Waals surface area contributed by atoms with Crippen LogP contribution in [0.2, 0.25) is 0 Å². The first-order valence-corrected chi connectivity index (χ1v) is 9.49. The van der Waals surface area contributed by atoms with Gasteiger partial charge in [-0.15, -0.1) is 0 Å². The highest BCUT2D eigenvalue weighted by Crippen LogP contribution is 2.36. The molecule has 0 unspecified atom stereocenters. The lowest BCUT2D eigenvalue weighted by Gasteiger charge is -2.25. The highest BCUT2D eigenvalue weighted by Gasteiger charge is 2.16. The van der Waals surface area contributed by atoms with Crippen molar-refractivity contribution >= 4 is 22.4 Å². The lowest BCUT2D eigenvalue weighted by molar-refractivity contribution is 0.288. The molecule has 0 aliphatic rings. The minimum Gasteiger partial charge on any atom is -0.493 e. The van der Waals surface area contributed by atoms with E-state index < -0.39 is 0 Å². The van der Waals surface area contributed by atoms with E-state index in [2.05, 4.69) is 29.8 Å². The average molecular weight is 365 g/mol. The molecule has 1 aromatic heterocycles. The van der Waals surface area contributed by atoms with Gasteiger partial charge in [-0.1, -0.05) is 25.5 Å². The molecule has 0 fully saturated rings. The van der Waals surface area contributed by atoms with Crippen molar-refractivity contribution in [2.75, 3.05) is 25.2 Å². The van der Waals surface area contributed by atoms with Gasteiger partial charge in [0.1, 0.15) is 11.6 Å². The number of aryl methyl sites for hydroxylation is 1. The lowest BCUT2D eigenvalue weighted by atomic mass is 10.2. The quantitative estimate of drug-likeness (QED) is 0.508. The second-order valence-electron chi connectivity index (χ2n) is 6.39. The normalized spacial score (nSPS) is 10.8. The van der Waals surface area contributed by atoms with Gasteiger partial charge in [-0.3, -0.25) is 0 Å². The number of benzene rings is 2. The second kappa shape index (κ2) is 8.71. The van der Waals surface area contributed by atoms with Gasteiger partial charge in [0, 0.05) is 23.7 Å². The summed E-state index contributed by atoms with van der Waals surface area (Å²) in [7, 11) is 1.67. The van der Waals surface area contributed by atoms with E-state index in [1.165, 1.54) is 0 Å². The Bertz CT molecular complexity index is 911. The Kier molecular flexibility index (Phi) is 6.12. The van der Waals surface area contributed by atoms with Crippen molar-refractivity contribution < 1.29 is 9.47 Å². The van der Waals surface area contributed by atoms with Gasteiger partial charge >= 0.3 is 0 Å². The Labute approximate surface area is 161 Å². The van der Waals surface area contributed by atoms with Crippen LogP contribution in [-0.2, 0) is 0 Å². The van der Waals surface area contributed by atoms with Gasteiger partial charge in [0.15, 0.2) is 11.5 Å². The fourth-order valence-electron chi connectivity index (χ4n) is 3.11. The summed E-state index contributed by atoms with van der Waals surface area (Å²) in [5, 5.41) is 1.04. The Balaban J connectivity index is 2.05. The molecule has 0 spiro atoms. The third-order valence-corrected chi connectivity index (χ3v) is 4.48. The second-order valence-corrected chi connectivity index (χ2v) is 6.39. The van der Waals surface area contributed by atoms with E-state index in [0.717, 1.165) is 59.1 Å². The summed E-state index contributed by atoms with van der Waals surface area (Å²) < 4.78 is 11.4. The topological polar surface area (TPSA) is 47.5 Å². The van der Waals surface area contributed by atoms with E-state index >= 15 is 0 Å². The molecule has 0 radical (unpaired) electrons. The molecular weight excluding hydrogens is 338 g/mol. The smallest absolute Gasteiger partial charge is 0.163 e. The first-order chi connectivity index (χ1) is 13.2. The molecule has 5 nitrogen and oxygen atoms in total.